The van der Waals surface area contributed by atoms with E-state index in [9.17, 15) is 4.79 Å². The van der Waals surface area contributed by atoms with Crippen molar-refractivity contribution in [2.45, 2.75) is 13.8 Å². The van der Waals surface area contributed by atoms with Crippen molar-refractivity contribution < 1.29 is 9.90 Å². The Hall–Kier alpha value is -1.59. The molecule has 0 aliphatic heterocycles. The highest BCUT2D eigenvalue weighted by atomic mass is 32.1. The zero-order valence-corrected chi connectivity index (χ0v) is 11.9. The number of nitrogens with two attached hydrogens (primary N) is 1. The fourth-order valence-electron chi connectivity index (χ4n) is 1.86. The summed E-state index contributed by atoms with van der Waals surface area (Å²) in [6.45, 7) is 4.38. The third kappa shape index (κ3) is 2.72. The zero-order valence-electron chi connectivity index (χ0n) is 11.1. The molecule has 4 nitrogen and oxygen atoms in total. The first-order chi connectivity index (χ1) is 9.04. The van der Waals surface area contributed by atoms with Gasteiger partial charge in [0.05, 0.1) is 5.69 Å². The molecule has 2 rings (SSSR count). The summed E-state index contributed by atoms with van der Waals surface area (Å²) in [6, 6.07) is 5.88. The van der Waals surface area contributed by atoms with Gasteiger partial charge in [-0.1, -0.05) is 25.1 Å². The number of hydrogen-bond acceptors (Lipinski definition) is 4. The van der Waals surface area contributed by atoms with Crippen LogP contribution in [0.15, 0.2) is 18.2 Å². The molecule has 1 atom stereocenters. The third-order valence-electron chi connectivity index (χ3n) is 3.08. The first-order valence-corrected chi connectivity index (χ1v) is 7.03. The molecule has 1 unspecified atom stereocenters. The van der Waals surface area contributed by atoms with E-state index < -0.39 is 0 Å². The third-order valence-corrected chi connectivity index (χ3v) is 4.44. The van der Waals surface area contributed by atoms with Crippen LogP contribution < -0.4 is 11.1 Å². The van der Waals surface area contributed by atoms with Crippen LogP contribution in [0.4, 0.5) is 5.69 Å². The quantitative estimate of drug-likeness (QED) is 0.802. The summed E-state index contributed by atoms with van der Waals surface area (Å²) in [4.78, 5) is 12.7. The number of amides is 1. The number of benzene rings is 1. The van der Waals surface area contributed by atoms with Gasteiger partial charge in [-0.25, -0.2) is 0 Å². The van der Waals surface area contributed by atoms with Crippen molar-refractivity contribution in [1.29, 1.82) is 0 Å². The van der Waals surface area contributed by atoms with Gasteiger partial charge in [0, 0.05) is 23.2 Å². The SMILES string of the molecule is Cc1cccc2c(N)c(C(=O)NCC(C)CO)sc12. The van der Waals surface area contributed by atoms with Crippen molar-refractivity contribution in [3.63, 3.8) is 0 Å². The monoisotopic (exact) mass is 278 g/mol. The van der Waals surface area contributed by atoms with Gasteiger partial charge in [0.2, 0.25) is 0 Å². The lowest BCUT2D eigenvalue weighted by Gasteiger charge is -2.08. The fraction of sp³-hybridized carbons (Fsp3) is 0.357. The molecule has 1 aromatic carbocycles. The van der Waals surface area contributed by atoms with Gasteiger partial charge >= 0.3 is 0 Å². The van der Waals surface area contributed by atoms with Crippen LogP contribution in [0, 0.1) is 12.8 Å². The smallest absolute Gasteiger partial charge is 0.263 e. The number of nitrogens with one attached hydrogen (secondary N) is 1. The second kappa shape index (κ2) is 5.59. The predicted octanol–water partition coefficient (Wildman–Crippen LogP) is 2.15. The number of aryl methyl sites for hydroxylation is 1. The van der Waals surface area contributed by atoms with Gasteiger partial charge in [0.25, 0.3) is 5.91 Å². The summed E-state index contributed by atoms with van der Waals surface area (Å²) < 4.78 is 1.06. The van der Waals surface area contributed by atoms with Crippen LogP contribution in [0.1, 0.15) is 22.2 Å². The zero-order chi connectivity index (χ0) is 14.0. The van der Waals surface area contributed by atoms with E-state index in [-0.39, 0.29) is 18.4 Å². The molecule has 0 bridgehead atoms. The minimum Gasteiger partial charge on any atom is -0.397 e. The highest BCUT2D eigenvalue weighted by Crippen LogP contribution is 2.35. The Morgan fingerprint density at radius 1 is 1.53 bits per heavy atom. The molecular formula is C14H18N2O2S. The van der Waals surface area contributed by atoms with Crippen LogP contribution in [-0.2, 0) is 0 Å². The van der Waals surface area contributed by atoms with Gasteiger partial charge in [-0.3, -0.25) is 4.79 Å². The van der Waals surface area contributed by atoms with Crippen LogP contribution >= 0.6 is 11.3 Å². The lowest BCUT2D eigenvalue weighted by Crippen LogP contribution is -2.29. The van der Waals surface area contributed by atoms with E-state index >= 15 is 0 Å². The normalized spacial score (nSPS) is 12.6. The van der Waals surface area contributed by atoms with E-state index in [1.807, 2.05) is 32.0 Å². The van der Waals surface area contributed by atoms with E-state index in [4.69, 9.17) is 10.8 Å². The molecule has 0 aliphatic rings. The summed E-state index contributed by atoms with van der Waals surface area (Å²) in [6.07, 6.45) is 0. The molecule has 0 aliphatic carbocycles. The van der Waals surface area contributed by atoms with Crippen LogP contribution in [0.2, 0.25) is 0 Å². The van der Waals surface area contributed by atoms with Crippen molar-refractivity contribution in [1.82, 2.24) is 5.32 Å². The summed E-state index contributed by atoms with van der Waals surface area (Å²) in [5.74, 6) is -0.125. The van der Waals surface area contributed by atoms with Gasteiger partial charge in [0.1, 0.15) is 4.88 Å². The number of carbonyl (C=O) groups is 1. The number of rotatable bonds is 4. The van der Waals surface area contributed by atoms with E-state index in [1.54, 1.807) is 0 Å². The second-order valence-corrected chi connectivity index (χ2v) is 5.81. The van der Waals surface area contributed by atoms with Crippen molar-refractivity contribution in [3.8, 4) is 0 Å². The Kier molecular flexibility index (Phi) is 4.07. The second-order valence-electron chi connectivity index (χ2n) is 4.79. The number of nitrogen functional groups attached to an aromatic ring is 1. The van der Waals surface area contributed by atoms with Gasteiger partial charge in [0.15, 0.2) is 0 Å². The molecule has 1 heterocycles. The molecule has 0 fully saturated rings. The minimum atomic E-state index is -0.168. The lowest BCUT2D eigenvalue weighted by molar-refractivity contribution is 0.0947. The molecule has 0 saturated carbocycles. The maximum absolute atomic E-state index is 12.1. The summed E-state index contributed by atoms with van der Waals surface area (Å²) in [5.41, 5.74) is 7.71. The van der Waals surface area contributed by atoms with Crippen LogP contribution in [0.25, 0.3) is 10.1 Å². The number of aliphatic hydroxyl groups is 1. The van der Waals surface area contributed by atoms with Gasteiger partial charge in [-0.2, -0.15) is 0 Å². The molecule has 4 N–H and O–H groups in total. The predicted molar refractivity (Wildman–Crippen MR) is 79.6 cm³/mol. The van der Waals surface area contributed by atoms with Crippen molar-refractivity contribution in [2.24, 2.45) is 5.92 Å². The summed E-state index contributed by atoms with van der Waals surface area (Å²) in [5, 5.41) is 12.7. The number of carbonyl (C=O) groups excluding carboxylic acids is 1. The van der Waals surface area contributed by atoms with E-state index in [0.29, 0.717) is 17.1 Å². The first kappa shape index (κ1) is 13.8. The molecule has 0 radical (unpaired) electrons. The van der Waals surface area contributed by atoms with Crippen LogP contribution in [0.3, 0.4) is 0 Å². The summed E-state index contributed by atoms with van der Waals surface area (Å²) in [7, 11) is 0. The number of thiophene rings is 1. The maximum Gasteiger partial charge on any atom is 0.263 e. The molecule has 19 heavy (non-hydrogen) atoms. The van der Waals surface area contributed by atoms with E-state index in [1.165, 1.54) is 11.3 Å². The summed E-state index contributed by atoms with van der Waals surface area (Å²) >= 11 is 1.42. The van der Waals surface area contributed by atoms with Crippen molar-refractivity contribution in [2.75, 3.05) is 18.9 Å². The Balaban J connectivity index is 2.28. The lowest BCUT2D eigenvalue weighted by atomic mass is 10.1. The van der Waals surface area contributed by atoms with E-state index in [0.717, 1.165) is 15.6 Å². The molecular weight excluding hydrogens is 260 g/mol. The van der Waals surface area contributed by atoms with Crippen molar-refractivity contribution in [3.05, 3.63) is 28.6 Å². The Morgan fingerprint density at radius 3 is 2.89 bits per heavy atom. The highest BCUT2D eigenvalue weighted by molar-refractivity contribution is 7.21. The Morgan fingerprint density at radius 2 is 2.26 bits per heavy atom. The van der Waals surface area contributed by atoms with Crippen molar-refractivity contribution >= 4 is 33.0 Å². The molecule has 1 amide bonds. The van der Waals surface area contributed by atoms with Gasteiger partial charge in [-0.05, 0) is 18.4 Å². The molecule has 0 spiro atoms. The van der Waals surface area contributed by atoms with Crippen LogP contribution in [-0.4, -0.2) is 24.2 Å². The molecule has 1 aromatic heterocycles. The van der Waals surface area contributed by atoms with Gasteiger partial charge < -0.3 is 16.2 Å². The molecule has 102 valence electrons. The van der Waals surface area contributed by atoms with Crippen LogP contribution in [0.5, 0.6) is 0 Å². The fourth-order valence-corrected chi connectivity index (χ4v) is 2.97. The average Bonchev–Trinajstić information content (AvgIpc) is 2.75. The number of anilines is 1. The maximum atomic E-state index is 12.1. The minimum absolute atomic E-state index is 0.0429. The number of fused-ring (bicyclic) bond motifs is 1. The molecule has 0 saturated heterocycles. The standard InChI is InChI=1S/C14H18N2O2S/c1-8(7-17)6-16-14(18)13-11(15)10-5-3-4-9(2)12(10)19-13/h3-5,8,17H,6-7,15H2,1-2H3,(H,16,18). The highest BCUT2D eigenvalue weighted by Gasteiger charge is 2.17. The Labute approximate surface area is 116 Å². The average molecular weight is 278 g/mol. The van der Waals surface area contributed by atoms with E-state index in [2.05, 4.69) is 5.32 Å². The number of aliphatic hydroxyl groups excluding tert-OH is 1. The molecule has 2 aromatic rings. The Bertz CT molecular complexity index is 607. The van der Waals surface area contributed by atoms with Gasteiger partial charge in [-0.15, -0.1) is 11.3 Å². The largest absolute Gasteiger partial charge is 0.397 e. The molecule has 5 heteroatoms. The first-order valence-electron chi connectivity index (χ1n) is 6.21. The topological polar surface area (TPSA) is 75.4 Å². The number of hydrogen-bond donors (Lipinski definition) is 3.